The second-order valence-corrected chi connectivity index (χ2v) is 2.85. The Morgan fingerprint density at radius 2 is 2.00 bits per heavy atom. The largest absolute Gasteiger partial charge is 0.467 e. The molecule has 0 heterocycles. The number of hydrogen-bond acceptors (Lipinski definition) is 5. The first-order chi connectivity index (χ1) is 7.01. The van der Waals surface area contributed by atoms with Gasteiger partial charge in [0.05, 0.1) is 13.7 Å². The van der Waals surface area contributed by atoms with E-state index in [-0.39, 0.29) is 19.4 Å². The third-order valence-electron chi connectivity index (χ3n) is 1.69. The van der Waals surface area contributed by atoms with Crippen LogP contribution in [-0.2, 0) is 19.1 Å². The molecule has 0 aromatic rings. The molecule has 0 unspecified atom stereocenters. The molecule has 0 spiro atoms. The molecule has 0 aromatic heterocycles. The maximum atomic E-state index is 11.1. The van der Waals surface area contributed by atoms with Gasteiger partial charge in [0, 0.05) is 6.42 Å². The highest BCUT2D eigenvalue weighted by molar-refractivity contribution is 5.85. The number of esters is 1. The van der Waals surface area contributed by atoms with E-state index in [1.807, 2.05) is 0 Å². The van der Waals surface area contributed by atoms with Gasteiger partial charge in [-0.2, -0.15) is 0 Å². The van der Waals surface area contributed by atoms with Gasteiger partial charge in [0.1, 0.15) is 6.04 Å². The number of methoxy groups -OCH3 is 1. The summed E-state index contributed by atoms with van der Waals surface area (Å²) in [5.41, 5.74) is 9.98. The zero-order chi connectivity index (χ0) is 11.8. The molecule has 7 heteroatoms. The molecule has 0 saturated carbocycles. The number of carbonyl (C=O) groups excluding carboxylic acids is 3. The number of nitrogens with one attached hydrogen (secondary N) is 1. The Bertz CT molecular complexity index is 254. The highest BCUT2D eigenvalue weighted by Gasteiger charge is 2.21. The summed E-state index contributed by atoms with van der Waals surface area (Å²) in [6.07, 6.45) is 0.0956. The molecule has 0 bridgehead atoms. The van der Waals surface area contributed by atoms with Crippen LogP contribution < -0.4 is 16.8 Å². The van der Waals surface area contributed by atoms with Crippen LogP contribution in [0.3, 0.4) is 0 Å². The summed E-state index contributed by atoms with van der Waals surface area (Å²) in [5, 5.41) is 2.33. The number of carbonyl (C=O) groups is 3. The number of amides is 2. The minimum absolute atomic E-state index is 0.00931. The normalized spacial score (nSPS) is 11.6. The van der Waals surface area contributed by atoms with Crippen molar-refractivity contribution in [2.24, 2.45) is 11.5 Å². The van der Waals surface area contributed by atoms with Crippen LogP contribution in [-0.4, -0.2) is 37.5 Å². The van der Waals surface area contributed by atoms with Gasteiger partial charge in [-0.3, -0.25) is 9.59 Å². The summed E-state index contributed by atoms with van der Waals surface area (Å²) < 4.78 is 4.44. The number of primary amides is 1. The van der Waals surface area contributed by atoms with Crippen molar-refractivity contribution in [3.8, 4) is 0 Å². The lowest BCUT2D eigenvalue weighted by Crippen LogP contribution is -2.44. The van der Waals surface area contributed by atoms with E-state index in [0.29, 0.717) is 0 Å². The van der Waals surface area contributed by atoms with Crippen LogP contribution in [0, 0.1) is 0 Å². The molecule has 2 amide bonds. The Labute approximate surface area is 87.1 Å². The van der Waals surface area contributed by atoms with Gasteiger partial charge in [0.15, 0.2) is 0 Å². The van der Waals surface area contributed by atoms with Crippen LogP contribution in [0.5, 0.6) is 0 Å². The van der Waals surface area contributed by atoms with Crippen LogP contribution >= 0.6 is 0 Å². The Morgan fingerprint density at radius 1 is 1.40 bits per heavy atom. The monoisotopic (exact) mass is 217 g/mol. The third-order valence-corrected chi connectivity index (χ3v) is 1.69. The smallest absolute Gasteiger partial charge is 0.328 e. The first kappa shape index (κ1) is 13.4. The Balaban J connectivity index is 4.24. The molecule has 0 aromatic carbocycles. The van der Waals surface area contributed by atoms with Crippen LogP contribution in [0.1, 0.15) is 12.8 Å². The van der Waals surface area contributed by atoms with Crippen LogP contribution in [0.2, 0.25) is 0 Å². The zero-order valence-electron chi connectivity index (χ0n) is 8.49. The molecule has 0 aliphatic rings. The van der Waals surface area contributed by atoms with Crippen molar-refractivity contribution in [1.29, 1.82) is 0 Å². The van der Waals surface area contributed by atoms with Crippen molar-refractivity contribution in [3.63, 3.8) is 0 Å². The zero-order valence-corrected chi connectivity index (χ0v) is 8.49. The average molecular weight is 217 g/mol. The summed E-state index contributed by atoms with van der Waals surface area (Å²) >= 11 is 0. The van der Waals surface area contributed by atoms with E-state index >= 15 is 0 Å². The molecule has 0 rings (SSSR count). The predicted molar refractivity (Wildman–Crippen MR) is 51.4 cm³/mol. The van der Waals surface area contributed by atoms with Crippen molar-refractivity contribution in [2.75, 3.05) is 13.7 Å². The SMILES string of the molecule is COC(=O)[C@H](CCC(N)=O)NC(=O)CN. The molecule has 0 radical (unpaired) electrons. The highest BCUT2D eigenvalue weighted by atomic mass is 16.5. The van der Waals surface area contributed by atoms with Crippen LogP contribution in [0.15, 0.2) is 0 Å². The van der Waals surface area contributed by atoms with Gasteiger partial charge in [0.25, 0.3) is 0 Å². The summed E-state index contributed by atoms with van der Waals surface area (Å²) in [5.74, 6) is -1.67. The third kappa shape index (κ3) is 5.63. The Kier molecular flexibility index (Phi) is 6.03. The van der Waals surface area contributed by atoms with E-state index in [1.54, 1.807) is 0 Å². The number of hydrogen-bond donors (Lipinski definition) is 3. The van der Waals surface area contributed by atoms with E-state index < -0.39 is 23.8 Å². The van der Waals surface area contributed by atoms with Gasteiger partial charge in [-0.15, -0.1) is 0 Å². The topological polar surface area (TPSA) is 125 Å². The van der Waals surface area contributed by atoms with Crippen molar-refractivity contribution in [3.05, 3.63) is 0 Å². The first-order valence-electron chi connectivity index (χ1n) is 4.36. The molecule has 0 aliphatic carbocycles. The van der Waals surface area contributed by atoms with Crippen molar-refractivity contribution in [2.45, 2.75) is 18.9 Å². The number of rotatable bonds is 6. The van der Waals surface area contributed by atoms with Gasteiger partial charge in [-0.25, -0.2) is 4.79 Å². The molecule has 0 fully saturated rings. The van der Waals surface area contributed by atoms with Gasteiger partial charge in [0.2, 0.25) is 11.8 Å². The van der Waals surface area contributed by atoms with E-state index in [1.165, 1.54) is 7.11 Å². The van der Waals surface area contributed by atoms with Gasteiger partial charge in [-0.05, 0) is 6.42 Å². The highest BCUT2D eigenvalue weighted by Crippen LogP contribution is 1.99. The molecule has 0 aliphatic heterocycles. The summed E-state index contributed by atoms with van der Waals surface area (Å²) in [7, 11) is 1.19. The van der Waals surface area contributed by atoms with Crippen molar-refractivity contribution in [1.82, 2.24) is 5.32 Å². The molecule has 7 nitrogen and oxygen atoms in total. The van der Waals surface area contributed by atoms with Crippen molar-refractivity contribution >= 4 is 17.8 Å². The lowest BCUT2D eigenvalue weighted by molar-refractivity contribution is -0.145. The quantitative estimate of drug-likeness (QED) is 0.438. The fourth-order valence-corrected chi connectivity index (χ4v) is 0.931. The molecule has 15 heavy (non-hydrogen) atoms. The summed E-state index contributed by atoms with van der Waals surface area (Å²) in [6.45, 7) is -0.232. The van der Waals surface area contributed by atoms with Gasteiger partial charge >= 0.3 is 5.97 Å². The molecular formula is C8H15N3O4. The number of ether oxygens (including phenoxy) is 1. The Morgan fingerprint density at radius 3 is 2.40 bits per heavy atom. The predicted octanol–water partition coefficient (Wildman–Crippen LogP) is -2.13. The van der Waals surface area contributed by atoms with Crippen LogP contribution in [0.4, 0.5) is 0 Å². The standard InChI is InChI=1S/C8H15N3O4/c1-15-8(14)5(2-3-6(10)12)11-7(13)4-9/h5H,2-4,9H2,1H3,(H2,10,12)(H,11,13)/t5-/m0/s1. The van der Waals surface area contributed by atoms with Gasteiger partial charge in [-0.1, -0.05) is 0 Å². The number of nitrogens with two attached hydrogens (primary N) is 2. The molecule has 1 atom stereocenters. The van der Waals surface area contributed by atoms with Crippen LogP contribution in [0.25, 0.3) is 0 Å². The lowest BCUT2D eigenvalue weighted by Gasteiger charge is -2.14. The van der Waals surface area contributed by atoms with E-state index in [2.05, 4.69) is 10.1 Å². The summed E-state index contributed by atoms with van der Waals surface area (Å²) in [6, 6.07) is -0.876. The van der Waals surface area contributed by atoms with E-state index in [9.17, 15) is 14.4 Å². The molecular weight excluding hydrogens is 202 g/mol. The maximum Gasteiger partial charge on any atom is 0.328 e. The molecule has 0 saturated heterocycles. The minimum Gasteiger partial charge on any atom is -0.467 e. The van der Waals surface area contributed by atoms with Gasteiger partial charge < -0.3 is 21.5 Å². The van der Waals surface area contributed by atoms with Crippen molar-refractivity contribution < 1.29 is 19.1 Å². The van der Waals surface area contributed by atoms with E-state index in [0.717, 1.165) is 0 Å². The van der Waals surface area contributed by atoms with E-state index in [4.69, 9.17) is 11.5 Å². The fraction of sp³-hybridized carbons (Fsp3) is 0.625. The lowest BCUT2D eigenvalue weighted by atomic mass is 10.1. The minimum atomic E-state index is -0.876. The first-order valence-corrected chi connectivity index (χ1v) is 4.36. The second kappa shape index (κ2) is 6.77. The molecule has 86 valence electrons. The Hall–Kier alpha value is -1.63. The maximum absolute atomic E-state index is 11.1. The average Bonchev–Trinajstić information content (AvgIpc) is 2.22. The molecule has 5 N–H and O–H groups in total. The second-order valence-electron chi connectivity index (χ2n) is 2.85. The summed E-state index contributed by atoms with van der Waals surface area (Å²) in [4.78, 5) is 32.6. The fourth-order valence-electron chi connectivity index (χ4n) is 0.931.